The van der Waals surface area contributed by atoms with Crippen LogP contribution in [0.4, 0.5) is 5.82 Å². The molecule has 2 aromatic heterocycles. The Morgan fingerprint density at radius 3 is 2.76 bits per heavy atom. The Kier molecular flexibility index (Phi) is 3.84. The van der Waals surface area contributed by atoms with Crippen molar-refractivity contribution in [2.45, 2.75) is 13.8 Å². The van der Waals surface area contributed by atoms with Gasteiger partial charge in [0, 0.05) is 29.9 Å². The predicted octanol–water partition coefficient (Wildman–Crippen LogP) is 4.19. The van der Waals surface area contributed by atoms with E-state index < -0.39 is 0 Å². The summed E-state index contributed by atoms with van der Waals surface area (Å²) in [6, 6.07) is 8.14. The minimum Gasteiger partial charge on any atom is -0.369 e. The molecule has 0 aliphatic rings. The van der Waals surface area contributed by atoms with Crippen LogP contribution in [0.1, 0.15) is 12.6 Å². The van der Waals surface area contributed by atoms with Crippen LogP contribution in [0.3, 0.4) is 0 Å². The Morgan fingerprint density at radius 2 is 1.95 bits per heavy atom. The molecule has 0 bridgehead atoms. The summed E-state index contributed by atoms with van der Waals surface area (Å²) in [5, 5.41) is 5.45. The van der Waals surface area contributed by atoms with Gasteiger partial charge in [-0.1, -0.05) is 24.3 Å². The molecular formula is C16H15BrN4. The molecule has 0 aliphatic carbocycles. The third-order valence-electron chi connectivity index (χ3n) is 3.27. The third kappa shape index (κ3) is 2.61. The second kappa shape index (κ2) is 5.77. The van der Waals surface area contributed by atoms with Gasteiger partial charge in [-0.2, -0.15) is 0 Å². The number of benzene rings is 1. The lowest BCUT2D eigenvalue weighted by molar-refractivity contribution is 1.06. The van der Waals surface area contributed by atoms with Gasteiger partial charge in [0.15, 0.2) is 5.82 Å². The number of nitrogens with zero attached hydrogens (tertiary/aromatic N) is 3. The minimum absolute atomic E-state index is 0.691. The monoisotopic (exact) mass is 342 g/mol. The smallest absolute Gasteiger partial charge is 0.164 e. The Morgan fingerprint density at radius 1 is 1.14 bits per heavy atom. The van der Waals surface area contributed by atoms with Crippen LogP contribution in [0, 0.1) is 6.92 Å². The average molecular weight is 343 g/mol. The van der Waals surface area contributed by atoms with Crippen LogP contribution in [0.2, 0.25) is 0 Å². The molecule has 3 rings (SSSR count). The normalized spacial score (nSPS) is 10.8. The highest BCUT2D eigenvalue weighted by Crippen LogP contribution is 2.29. The highest BCUT2D eigenvalue weighted by atomic mass is 79.9. The number of pyridine rings is 1. The van der Waals surface area contributed by atoms with Crippen molar-refractivity contribution < 1.29 is 0 Å². The molecule has 0 atom stereocenters. The highest BCUT2D eigenvalue weighted by molar-refractivity contribution is 9.10. The number of hydrogen-bond acceptors (Lipinski definition) is 4. The molecule has 0 amide bonds. The maximum atomic E-state index is 4.63. The fraction of sp³-hybridized carbons (Fsp3) is 0.188. The first-order chi connectivity index (χ1) is 10.2. The second-order valence-electron chi connectivity index (χ2n) is 4.73. The molecule has 106 valence electrons. The molecule has 0 radical (unpaired) electrons. The Balaban J connectivity index is 2.23. The summed E-state index contributed by atoms with van der Waals surface area (Å²) < 4.78 is 0.904. The number of anilines is 1. The highest BCUT2D eigenvalue weighted by Gasteiger charge is 2.12. The van der Waals surface area contributed by atoms with E-state index in [0.29, 0.717) is 5.82 Å². The van der Waals surface area contributed by atoms with Crippen molar-refractivity contribution in [3.8, 4) is 11.4 Å². The predicted molar refractivity (Wildman–Crippen MR) is 89.4 cm³/mol. The van der Waals surface area contributed by atoms with E-state index >= 15 is 0 Å². The topological polar surface area (TPSA) is 50.7 Å². The maximum Gasteiger partial charge on any atom is 0.164 e. The van der Waals surface area contributed by atoms with Crippen molar-refractivity contribution in [2.24, 2.45) is 0 Å². The van der Waals surface area contributed by atoms with Crippen LogP contribution in [0.25, 0.3) is 22.2 Å². The van der Waals surface area contributed by atoms with Gasteiger partial charge in [0.1, 0.15) is 5.82 Å². The number of hydrogen-bond donors (Lipinski definition) is 1. The molecule has 0 saturated carbocycles. The van der Waals surface area contributed by atoms with E-state index in [-0.39, 0.29) is 0 Å². The van der Waals surface area contributed by atoms with E-state index in [1.165, 1.54) is 0 Å². The van der Waals surface area contributed by atoms with E-state index in [1.807, 2.05) is 44.4 Å². The minimum atomic E-state index is 0.691. The lowest BCUT2D eigenvalue weighted by Crippen LogP contribution is -2.04. The number of halogens is 1. The third-order valence-corrected chi connectivity index (χ3v) is 4.22. The van der Waals surface area contributed by atoms with Crippen molar-refractivity contribution >= 4 is 32.5 Å². The fourth-order valence-corrected chi connectivity index (χ4v) is 2.58. The van der Waals surface area contributed by atoms with Gasteiger partial charge in [-0.25, -0.2) is 9.97 Å². The summed E-state index contributed by atoms with van der Waals surface area (Å²) in [6.07, 6.45) is 3.68. The molecule has 0 fully saturated rings. The van der Waals surface area contributed by atoms with Crippen molar-refractivity contribution in [1.82, 2.24) is 15.0 Å². The van der Waals surface area contributed by atoms with E-state index in [1.54, 1.807) is 0 Å². The van der Waals surface area contributed by atoms with Crippen molar-refractivity contribution in [1.29, 1.82) is 0 Å². The van der Waals surface area contributed by atoms with Gasteiger partial charge in [-0.05, 0) is 35.2 Å². The van der Waals surface area contributed by atoms with Crippen LogP contribution < -0.4 is 5.32 Å². The second-order valence-corrected chi connectivity index (χ2v) is 5.53. The zero-order chi connectivity index (χ0) is 14.8. The molecular weight excluding hydrogens is 328 g/mol. The molecule has 0 spiro atoms. The Bertz CT molecular complexity index is 796. The van der Waals surface area contributed by atoms with E-state index in [4.69, 9.17) is 0 Å². The number of fused-ring (bicyclic) bond motifs is 1. The zero-order valence-corrected chi connectivity index (χ0v) is 13.5. The summed E-state index contributed by atoms with van der Waals surface area (Å²) in [4.78, 5) is 13.5. The number of rotatable bonds is 3. The van der Waals surface area contributed by atoms with Crippen LogP contribution in [0.5, 0.6) is 0 Å². The van der Waals surface area contributed by atoms with Crippen LogP contribution >= 0.6 is 15.9 Å². The SMILES string of the molecule is CCNc1nc(-c2cncc3ccccc23)nc(C)c1Br. The number of aryl methyl sites for hydroxylation is 1. The molecule has 2 heterocycles. The lowest BCUT2D eigenvalue weighted by Gasteiger charge is -2.11. The lowest BCUT2D eigenvalue weighted by atomic mass is 10.1. The van der Waals surface area contributed by atoms with Crippen LogP contribution in [-0.4, -0.2) is 21.5 Å². The van der Waals surface area contributed by atoms with Gasteiger partial charge in [0.2, 0.25) is 0 Å². The fourth-order valence-electron chi connectivity index (χ4n) is 2.26. The van der Waals surface area contributed by atoms with Gasteiger partial charge >= 0.3 is 0 Å². The Hall–Kier alpha value is -2.01. The Labute approximate surface area is 131 Å². The summed E-state index contributed by atoms with van der Waals surface area (Å²) in [5.74, 6) is 1.50. The molecule has 0 aliphatic heterocycles. The first-order valence-electron chi connectivity index (χ1n) is 6.82. The van der Waals surface area contributed by atoms with Gasteiger partial charge < -0.3 is 5.32 Å². The molecule has 1 N–H and O–H groups in total. The van der Waals surface area contributed by atoms with Gasteiger partial charge in [-0.3, -0.25) is 4.98 Å². The van der Waals surface area contributed by atoms with E-state index in [2.05, 4.69) is 42.3 Å². The molecule has 0 unspecified atom stereocenters. The van der Waals surface area contributed by atoms with E-state index in [0.717, 1.165) is 38.9 Å². The first-order valence-corrected chi connectivity index (χ1v) is 7.61. The maximum absolute atomic E-state index is 4.63. The van der Waals surface area contributed by atoms with E-state index in [9.17, 15) is 0 Å². The summed E-state index contributed by atoms with van der Waals surface area (Å²) in [6.45, 7) is 4.82. The number of nitrogens with one attached hydrogen (secondary N) is 1. The van der Waals surface area contributed by atoms with Crippen molar-refractivity contribution in [2.75, 3.05) is 11.9 Å². The number of aromatic nitrogens is 3. The van der Waals surface area contributed by atoms with Crippen molar-refractivity contribution in [3.63, 3.8) is 0 Å². The molecule has 1 aromatic carbocycles. The zero-order valence-electron chi connectivity index (χ0n) is 11.9. The van der Waals surface area contributed by atoms with Crippen molar-refractivity contribution in [3.05, 3.63) is 46.8 Å². The molecule has 21 heavy (non-hydrogen) atoms. The average Bonchev–Trinajstić information content (AvgIpc) is 2.51. The quantitative estimate of drug-likeness (QED) is 0.775. The summed E-state index contributed by atoms with van der Waals surface area (Å²) in [5.41, 5.74) is 1.85. The van der Waals surface area contributed by atoms with Crippen LogP contribution in [-0.2, 0) is 0 Å². The molecule has 5 heteroatoms. The largest absolute Gasteiger partial charge is 0.369 e. The van der Waals surface area contributed by atoms with Gasteiger partial charge in [0.25, 0.3) is 0 Å². The van der Waals surface area contributed by atoms with Crippen LogP contribution in [0.15, 0.2) is 41.1 Å². The van der Waals surface area contributed by atoms with Gasteiger partial charge in [-0.15, -0.1) is 0 Å². The standard InChI is InChI=1S/C16H15BrN4/c1-3-19-16-14(17)10(2)20-15(21-16)13-9-18-8-11-6-4-5-7-12(11)13/h4-9H,3H2,1-2H3,(H,19,20,21). The summed E-state index contributed by atoms with van der Waals surface area (Å²) >= 11 is 3.53. The first kappa shape index (κ1) is 13.9. The molecule has 3 aromatic rings. The molecule has 4 nitrogen and oxygen atoms in total. The molecule has 0 saturated heterocycles. The summed E-state index contributed by atoms with van der Waals surface area (Å²) in [7, 11) is 0. The van der Waals surface area contributed by atoms with Gasteiger partial charge in [0.05, 0.1) is 10.2 Å².